The maximum Gasteiger partial charge on any atom is 0.326 e. The molecule has 9 atom stereocenters. The van der Waals surface area contributed by atoms with E-state index in [2.05, 4.69) is 87.5 Å². The topological polar surface area (TPSA) is 876 Å². The molecule has 0 rings (SSSR count). The summed E-state index contributed by atoms with van der Waals surface area (Å²) in [7, 11) is 0. The molecule has 8 amide bonds. The number of nitrogens with zero attached hydrogens (tertiary/aromatic N) is 9. The Balaban J connectivity index is 7.75. The molecule has 46 heteroatoms. The van der Waals surface area contributed by atoms with Crippen molar-refractivity contribution in [3.8, 4) is 0 Å². The predicted molar refractivity (Wildman–Crippen MR) is 380 cm³/mol. The first-order valence-electron chi connectivity index (χ1n) is 32.0. The minimum Gasteiger partial charge on any atom is -0.480 e. The number of carbonyl (C=O) groups is 9. The highest BCUT2D eigenvalue weighted by Crippen LogP contribution is 2.12. The summed E-state index contributed by atoms with van der Waals surface area (Å²) in [5.74, 6) is -11.2. The summed E-state index contributed by atoms with van der Waals surface area (Å²) in [5.41, 5.74) is 106. The third-order valence-corrected chi connectivity index (χ3v) is 13.9. The maximum absolute atomic E-state index is 14.8. The number of carboxylic acids is 1. The Labute approximate surface area is 578 Å². The Hall–Kier alpha value is -11.4. The van der Waals surface area contributed by atoms with Crippen LogP contribution in [0.2, 0.25) is 0 Å². The number of carbonyl (C=O) groups excluding carboxylic acids is 8. The molecule has 0 aromatic heterocycles. The summed E-state index contributed by atoms with van der Waals surface area (Å²) in [4.78, 5) is 163. The van der Waals surface area contributed by atoms with E-state index in [4.69, 9.17) is 109 Å². The molecule has 0 saturated carbocycles. The zero-order valence-corrected chi connectivity index (χ0v) is 56.4. The average Bonchev–Trinajstić information content (AvgIpc) is 0.866. The lowest BCUT2D eigenvalue weighted by Gasteiger charge is -2.28. The van der Waals surface area contributed by atoms with Crippen LogP contribution in [-0.4, -0.2) is 225 Å². The molecule has 0 aliphatic rings. The molecule has 0 bridgehead atoms. The van der Waals surface area contributed by atoms with Crippen LogP contribution >= 0.6 is 0 Å². The van der Waals surface area contributed by atoms with Gasteiger partial charge in [0.25, 0.3) is 0 Å². The van der Waals surface area contributed by atoms with Crippen LogP contribution in [0, 0.1) is 0 Å². The molecule has 100 heavy (non-hydrogen) atoms. The van der Waals surface area contributed by atoms with E-state index in [9.17, 15) is 48.3 Å². The molecule has 0 spiro atoms. The molecule has 0 aromatic rings. The highest BCUT2D eigenvalue weighted by atomic mass is 16.4. The number of carboxylic acid groups (broad SMARTS) is 1. The van der Waals surface area contributed by atoms with E-state index >= 15 is 0 Å². The van der Waals surface area contributed by atoms with Crippen LogP contribution in [0.5, 0.6) is 0 Å². The van der Waals surface area contributed by atoms with Gasteiger partial charge in [0.15, 0.2) is 53.6 Å². The molecular formula is C54H110N36O10. The standard InChI is InChI=1S/C54H110N36O10/c55-28(10-1-19-74-46(56)57)37(91)83-29(11-2-20-75-47(58)59)38(92)84-30(12-3-21-76-48(60)61)39(93)85-31(13-4-22-77-49(62)63)40(94)86-32(14-5-23-78-50(64)65)41(95)87-33(15-6-24-79-51(66)67)42(96)88-34(16-7-25-80-52(68)69)43(97)89-35(17-8-26-81-53(70)71)44(98)90-36(45(99)100)18-9-27-82-54(72)73/h28-36H,1-27,55H2,(H,83,91)(H,84,92)(H,85,93)(H,86,94)(H,87,95)(H,88,96)(H,89,97)(H,90,98)(H,99,100)(H4,56,57,74)(H4,58,59,75)(H4,60,61,76)(H4,62,63,77)(H4,64,65,78)(H4,66,67,79)(H4,68,69,80)(H4,70,71,81)(H4,72,73,82)/t28-,29-,30-,31-,32-,33-,34-,35-,36-/m1/s1. The third kappa shape index (κ3) is 44.4. The third-order valence-electron chi connectivity index (χ3n) is 13.9. The summed E-state index contributed by atoms with van der Waals surface area (Å²) in [6.07, 6.45) is -0.458. The molecule has 0 saturated heterocycles. The van der Waals surface area contributed by atoms with Crippen molar-refractivity contribution >= 4 is 107 Å². The van der Waals surface area contributed by atoms with E-state index < -0.39 is 108 Å². The monoisotopic (exact) mass is 1420 g/mol. The summed E-state index contributed by atoms with van der Waals surface area (Å²) in [6, 6.07) is -13.1. The first-order chi connectivity index (χ1) is 47.1. The van der Waals surface area contributed by atoms with Gasteiger partial charge in [-0.2, -0.15) is 0 Å². The zero-order valence-electron chi connectivity index (χ0n) is 56.4. The minimum atomic E-state index is -1.57. The number of nitrogens with one attached hydrogen (secondary N) is 8. The fraction of sp³-hybridized carbons (Fsp3) is 0.667. The van der Waals surface area contributed by atoms with Crippen molar-refractivity contribution in [3.05, 3.63) is 0 Å². The van der Waals surface area contributed by atoms with Crippen molar-refractivity contribution in [3.63, 3.8) is 0 Å². The summed E-state index contributed by atoms with van der Waals surface area (Å²) >= 11 is 0. The van der Waals surface area contributed by atoms with Crippen LogP contribution in [-0.2, 0) is 43.2 Å². The number of hydrogen-bond acceptors (Lipinski definition) is 19. The van der Waals surface area contributed by atoms with Gasteiger partial charge < -0.3 is 157 Å². The number of aliphatic carboxylic acids is 1. The Morgan fingerprint density at radius 2 is 0.350 bits per heavy atom. The van der Waals surface area contributed by atoms with Gasteiger partial charge in [-0.3, -0.25) is 83.3 Å². The van der Waals surface area contributed by atoms with Crippen LogP contribution in [0.3, 0.4) is 0 Å². The van der Waals surface area contributed by atoms with Crippen molar-refractivity contribution in [2.24, 2.45) is 154 Å². The van der Waals surface area contributed by atoms with Gasteiger partial charge in [-0.15, -0.1) is 0 Å². The minimum absolute atomic E-state index is 0.0134. The normalized spacial score (nSPS) is 13.3. The van der Waals surface area contributed by atoms with Gasteiger partial charge in [-0.1, -0.05) is 0 Å². The molecule has 0 fully saturated rings. The number of guanidine groups is 9. The molecular weight excluding hydrogens is 1310 g/mol. The Morgan fingerprint density at radius 3 is 0.500 bits per heavy atom. The lowest BCUT2D eigenvalue weighted by atomic mass is 10.0. The summed E-state index contributed by atoms with van der Waals surface area (Å²) in [6.45, 7) is -0.0913. The molecule has 0 radical (unpaired) electrons. The Morgan fingerprint density at radius 1 is 0.220 bits per heavy atom. The highest BCUT2D eigenvalue weighted by molar-refractivity contribution is 5.98. The fourth-order valence-electron chi connectivity index (χ4n) is 9.00. The first-order valence-corrected chi connectivity index (χ1v) is 32.0. The summed E-state index contributed by atoms with van der Waals surface area (Å²) < 4.78 is 0. The molecule has 566 valence electrons. The van der Waals surface area contributed by atoms with E-state index in [0.29, 0.717) is 6.42 Å². The lowest BCUT2D eigenvalue weighted by molar-refractivity contribution is -0.142. The number of nitrogens with two attached hydrogens (primary N) is 19. The molecule has 0 aliphatic heterocycles. The largest absolute Gasteiger partial charge is 0.480 e. The smallest absolute Gasteiger partial charge is 0.326 e. The number of hydrogen-bond donors (Lipinski definition) is 28. The van der Waals surface area contributed by atoms with Crippen molar-refractivity contribution in [1.82, 2.24) is 42.5 Å². The van der Waals surface area contributed by atoms with Crippen LogP contribution in [0.15, 0.2) is 44.9 Å². The van der Waals surface area contributed by atoms with E-state index in [-0.39, 0.29) is 222 Å². The second kappa shape index (κ2) is 50.9. The van der Waals surface area contributed by atoms with E-state index in [0.717, 1.165) is 0 Å². The van der Waals surface area contributed by atoms with E-state index in [1.807, 2.05) is 0 Å². The second-order valence-electron chi connectivity index (χ2n) is 22.5. The SMILES string of the molecule is NC(N)=NCCC[C@@H](N)C(=O)N[C@H](CCCN=C(N)N)C(=O)N[C@H](CCCN=C(N)N)C(=O)N[C@H](CCCN=C(N)N)C(=O)N[C@H](CCCN=C(N)N)C(=O)N[C@H](CCCN=C(N)N)C(=O)N[C@H](CCCN=C(N)N)C(=O)N[C@H](CCCN=C(N)N)C(=O)N[C@H](CCCN=C(N)N)C(=O)O. The van der Waals surface area contributed by atoms with Crippen molar-refractivity contribution in [1.29, 1.82) is 0 Å². The molecule has 47 N–H and O–H groups in total. The van der Waals surface area contributed by atoms with Gasteiger partial charge in [0.2, 0.25) is 47.3 Å². The van der Waals surface area contributed by atoms with Crippen LogP contribution in [0.4, 0.5) is 0 Å². The molecule has 0 aliphatic carbocycles. The number of amides is 8. The van der Waals surface area contributed by atoms with Crippen LogP contribution < -0.4 is 151 Å². The van der Waals surface area contributed by atoms with Crippen molar-refractivity contribution in [2.45, 2.75) is 170 Å². The van der Waals surface area contributed by atoms with Gasteiger partial charge in [0, 0.05) is 58.9 Å². The zero-order chi connectivity index (χ0) is 75.7. The van der Waals surface area contributed by atoms with Crippen molar-refractivity contribution < 1.29 is 48.3 Å². The molecule has 0 unspecified atom stereocenters. The van der Waals surface area contributed by atoms with Gasteiger partial charge >= 0.3 is 5.97 Å². The van der Waals surface area contributed by atoms with Crippen LogP contribution in [0.1, 0.15) is 116 Å². The Kier molecular flexibility index (Phi) is 45.1. The predicted octanol–water partition coefficient (Wildman–Crippen LogP) is -13.2. The number of aliphatic imine (C=N–C) groups is 9. The number of rotatable bonds is 53. The first kappa shape index (κ1) is 88.6. The lowest BCUT2D eigenvalue weighted by Crippen LogP contribution is -2.60. The van der Waals surface area contributed by atoms with Gasteiger partial charge in [0.1, 0.15) is 48.3 Å². The van der Waals surface area contributed by atoms with Crippen molar-refractivity contribution in [2.75, 3.05) is 58.9 Å². The molecule has 46 nitrogen and oxygen atoms in total. The van der Waals surface area contributed by atoms with E-state index in [1.165, 1.54) is 0 Å². The summed E-state index contributed by atoms with van der Waals surface area (Å²) in [5, 5.41) is 30.8. The quantitative estimate of drug-likeness (QED) is 0.0153. The van der Waals surface area contributed by atoms with Gasteiger partial charge in [-0.05, 0) is 116 Å². The van der Waals surface area contributed by atoms with Crippen LogP contribution in [0.25, 0.3) is 0 Å². The molecule has 0 heterocycles. The fourth-order valence-corrected chi connectivity index (χ4v) is 9.00. The van der Waals surface area contributed by atoms with Gasteiger partial charge in [-0.25, -0.2) is 4.79 Å². The van der Waals surface area contributed by atoms with Gasteiger partial charge in [0.05, 0.1) is 6.04 Å². The molecule has 0 aromatic carbocycles. The Bertz CT molecular complexity index is 2850. The second-order valence-corrected chi connectivity index (χ2v) is 22.5. The van der Waals surface area contributed by atoms with E-state index in [1.54, 1.807) is 0 Å². The average molecular weight is 1420 g/mol. The highest BCUT2D eigenvalue weighted by Gasteiger charge is 2.35. The maximum atomic E-state index is 14.8.